The van der Waals surface area contributed by atoms with Gasteiger partial charge in [0, 0.05) is 18.0 Å². The molecule has 0 fully saturated rings. The number of benzene rings is 2. The number of anilines is 1. The lowest BCUT2D eigenvalue weighted by atomic mass is 10.3. The molecule has 0 saturated carbocycles. The van der Waals surface area contributed by atoms with E-state index in [1.807, 2.05) is 30.3 Å². The van der Waals surface area contributed by atoms with E-state index in [4.69, 9.17) is 0 Å². The normalized spacial score (nSPS) is 11.6. The van der Waals surface area contributed by atoms with Gasteiger partial charge in [0.05, 0.1) is 5.69 Å². The van der Waals surface area contributed by atoms with Crippen molar-refractivity contribution < 1.29 is 17.9 Å². The molecule has 0 aliphatic heterocycles. The highest BCUT2D eigenvalue weighted by Gasteiger charge is 2.30. The Kier molecular flexibility index (Phi) is 4.64. The Hall–Kier alpha value is -3.36. The molecule has 3 rings (SSSR count). The van der Waals surface area contributed by atoms with E-state index in [9.17, 15) is 13.2 Å². The van der Waals surface area contributed by atoms with E-state index < -0.39 is 6.36 Å². The maximum Gasteiger partial charge on any atom is 0.573 e. The average Bonchev–Trinajstić information content (AvgIpc) is 3.04. The first kappa shape index (κ1) is 16.5. The van der Waals surface area contributed by atoms with Crippen molar-refractivity contribution >= 4 is 11.8 Å². The lowest BCUT2D eigenvalue weighted by molar-refractivity contribution is -0.274. The lowest BCUT2D eigenvalue weighted by Crippen LogP contribution is -2.16. The van der Waals surface area contributed by atoms with E-state index in [1.165, 1.54) is 24.3 Å². The van der Waals surface area contributed by atoms with Gasteiger partial charge in [-0.05, 0) is 46.8 Å². The van der Waals surface area contributed by atoms with Gasteiger partial charge in [0.2, 0.25) is 0 Å². The van der Waals surface area contributed by atoms with Crippen molar-refractivity contribution in [3.05, 3.63) is 66.6 Å². The first-order chi connectivity index (χ1) is 12.0. The molecule has 0 amide bonds. The van der Waals surface area contributed by atoms with Crippen LogP contribution in [-0.4, -0.2) is 26.6 Å². The molecule has 1 heterocycles. The Balaban J connectivity index is 1.66. The van der Waals surface area contributed by atoms with Crippen LogP contribution in [0, 0.1) is 0 Å². The van der Waals surface area contributed by atoms with Crippen molar-refractivity contribution in [1.82, 2.24) is 20.2 Å². The predicted octanol–water partition coefficient (Wildman–Crippen LogP) is 3.64. The monoisotopic (exact) mass is 347 g/mol. The van der Waals surface area contributed by atoms with Crippen LogP contribution in [0.25, 0.3) is 11.8 Å². The average molecular weight is 347 g/mol. The quantitative estimate of drug-likeness (QED) is 0.763. The van der Waals surface area contributed by atoms with Crippen LogP contribution in [0.2, 0.25) is 0 Å². The summed E-state index contributed by atoms with van der Waals surface area (Å²) in [6, 6.07) is 14.7. The minimum Gasteiger partial charge on any atom is -0.406 e. The van der Waals surface area contributed by atoms with Crippen molar-refractivity contribution in [2.24, 2.45) is 0 Å². The summed E-state index contributed by atoms with van der Waals surface area (Å²) in [6.07, 6.45) is -1.47. The third-order valence-electron chi connectivity index (χ3n) is 3.06. The molecule has 0 bridgehead atoms. The molecular weight excluding hydrogens is 335 g/mol. The standard InChI is InChI=1S/C16H12F3N5O/c17-16(18,19)25-14-8-6-12(7-9-14)20-11-10-15-21-22-23-24(15)13-4-2-1-3-5-13/h1-11,20H. The summed E-state index contributed by atoms with van der Waals surface area (Å²) in [5.74, 6) is 0.214. The lowest BCUT2D eigenvalue weighted by Gasteiger charge is -2.09. The van der Waals surface area contributed by atoms with Crippen LogP contribution in [0.5, 0.6) is 5.75 Å². The number of aromatic nitrogens is 4. The second kappa shape index (κ2) is 7.04. The van der Waals surface area contributed by atoms with Gasteiger partial charge in [0.15, 0.2) is 5.82 Å². The summed E-state index contributed by atoms with van der Waals surface area (Å²) in [5.41, 5.74) is 1.39. The highest BCUT2D eigenvalue weighted by atomic mass is 19.4. The SMILES string of the molecule is FC(F)(F)Oc1ccc(NC=Cc2nnnn2-c2ccccc2)cc1. The number of nitrogens with one attached hydrogen (secondary N) is 1. The van der Waals surface area contributed by atoms with Crippen LogP contribution in [0.3, 0.4) is 0 Å². The van der Waals surface area contributed by atoms with Crippen molar-refractivity contribution in [2.45, 2.75) is 6.36 Å². The second-order valence-corrected chi connectivity index (χ2v) is 4.83. The number of ether oxygens (including phenoxy) is 1. The molecule has 0 unspecified atom stereocenters. The molecule has 6 nitrogen and oxygen atoms in total. The maximum absolute atomic E-state index is 12.1. The van der Waals surface area contributed by atoms with Crippen LogP contribution in [0.1, 0.15) is 5.82 Å². The van der Waals surface area contributed by atoms with Crippen LogP contribution in [-0.2, 0) is 0 Å². The van der Waals surface area contributed by atoms with E-state index in [2.05, 4.69) is 25.6 Å². The largest absolute Gasteiger partial charge is 0.573 e. The number of nitrogens with zero attached hydrogens (tertiary/aromatic N) is 4. The molecule has 25 heavy (non-hydrogen) atoms. The number of rotatable bonds is 5. The second-order valence-electron chi connectivity index (χ2n) is 4.83. The molecule has 9 heteroatoms. The molecule has 1 N–H and O–H groups in total. The number of hydrogen-bond acceptors (Lipinski definition) is 5. The molecule has 3 aromatic rings. The topological polar surface area (TPSA) is 64.9 Å². The Morgan fingerprint density at radius 3 is 2.40 bits per heavy atom. The number of alkyl halides is 3. The molecule has 2 aromatic carbocycles. The van der Waals surface area contributed by atoms with Crippen LogP contribution in [0.4, 0.5) is 18.9 Å². The van der Waals surface area contributed by atoms with Gasteiger partial charge in [0.25, 0.3) is 0 Å². The zero-order chi connectivity index (χ0) is 17.7. The molecule has 0 saturated heterocycles. The summed E-state index contributed by atoms with van der Waals surface area (Å²) in [6.45, 7) is 0. The van der Waals surface area contributed by atoms with Gasteiger partial charge in [-0.3, -0.25) is 0 Å². The fraction of sp³-hybridized carbons (Fsp3) is 0.0625. The number of hydrogen-bond donors (Lipinski definition) is 1. The van der Waals surface area contributed by atoms with Gasteiger partial charge in [-0.25, -0.2) is 0 Å². The molecule has 1 aromatic heterocycles. The first-order valence-electron chi connectivity index (χ1n) is 7.14. The molecule has 0 aliphatic carbocycles. The maximum atomic E-state index is 12.1. The minimum atomic E-state index is -4.70. The van der Waals surface area contributed by atoms with Gasteiger partial charge < -0.3 is 10.1 Å². The summed E-state index contributed by atoms with van der Waals surface area (Å²) in [7, 11) is 0. The third-order valence-corrected chi connectivity index (χ3v) is 3.06. The zero-order valence-corrected chi connectivity index (χ0v) is 12.7. The third kappa shape index (κ3) is 4.56. The summed E-state index contributed by atoms with van der Waals surface area (Å²) < 4.78 is 41.7. The van der Waals surface area contributed by atoms with Gasteiger partial charge in [-0.1, -0.05) is 18.2 Å². The smallest absolute Gasteiger partial charge is 0.406 e. The number of tetrazole rings is 1. The van der Waals surface area contributed by atoms with E-state index in [1.54, 1.807) is 17.0 Å². The predicted molar refractivity (Wildman–Crippen MR) is 84.9 cm³/mol. The fourth-order valence-corrected chi connectivity index (χ4v) is 2.02. The van der Waals surface area contributed by atoms with Crippen LogP contribution < -0.4 is 10.1 Å². The van der Waals surface area contributed by atoms with Gasteiger partial charge in [-0.2, -0.15) is 4.68 Å². The van der Waals surface area contributed by atoms with E-state index in [0.717, 1.165) is 5.69 Å². The molecule has 0 atom stereocenters. The summed E-state index contributed by atoms with van der Waals surface area (Å²) in [5, 5.41) is 14.4. The summed E-state index contributed by atoms with van der Waals surface area (Å²) in [4.78, 5) is 0. The van der Waals surface area contributed by atoms with E-state index in [-0.39, 0.29) is 5.75 Å². The summed E-state index contributed by atoms with van der Waals surface area (Å²) >= 11 is 0. The Morgan fingerprint density at radius 2 is 1.72 bits per heavy atom. The highest BCUT2D eigenvalue weighted by Crippen LogP contribution is 2.24. The van der Waals surface area contributed by atoms with Crippen LogP contribution in [0.15, 0.2) is 60.8 Å². The van der Waals surface area contributed by atoms with Crippen molar-refractivity contribution in [2.75, 3.05) is 5.32 Å². The Morgan fingerprint density at radius 1 is 1.00 bits per heavy atom. The molecule has 128 valence electrons. The van der Waals surface area contributed by atoms with Crippen molar-refractivity contribution in [3.63, 3.8) is 0 Å². The Bertz CT molecular complexity index is 844. The van der Waals surface area contributed by atoms with E-state index in [0.29, 0.717) is 11.5 Å². The first-order valence-corrected chi connectivity index (χ1v) is 7.14. The van der Waals surface area contributed by atoms with Crippen molar-refractivity contribution in [1.29, 1.82) is 0 Å². The molecular formula is C16H12F3N5O. The molecule has 0 aliphatic rings. The van der Waals surface area contributed by atoms with Crippen molar-refractivity contribution in [3.8, 4) is 11.4 Å². The fourth-order valence-electron chi connectivity index (χ4n) is 2.02. The minimum absolute atomic E-state index is 0.282. The van der Waals surface area contributed by atoms with E-state index >= 15 is 0 Å². The molecule has 0 radical (unpaired) electrons. The number of halogens is 3. The van der Waals surface area contributed by atoms with Gasteiger partial charge in [0.1, 0.15) is 5.75 Å². The zero-order valence-electron chi connectivity index (χ0n) is 12.7. The van der Waals surface area contributed by atoms with Gasteiger partial charge >= 0.3 is 6.36 Å². The van der Waals surface area contributed by atoms with Gasteiger partial charge in [-0.15, -0.1) is 18.3 Å². The number of para-hydroxylation sites is 1. The highest BCUT2D eigenvalue weighted by molar-refractivity contribution is 5.53. The molecule has 0 spiro atoms. The Labute approximate surface area is 140 Å². The van der Waals surface area contributed by atoms with Crippen LogP contribution >= 0.6 is 0 Å².